The summed E-state index contributed by atoms with van der Waals surface area (Å²) in [6.45, 7) is 6.05. The smallest absolute Gasteiger partial charge is 0.337 e. The van der Waals surface area contributed by atoms with Gasteiger partial charge in [-0.25, -0.2) is 9.78 Å². The molecule has 0 unspecified atom stereocenters. The average molecular weight is 362 g/mol. The maximum atomic E-state index is 11.5. The molecule has 1 aromatic heterocycles. The number of aryl methyl sites for hydroxylation is 3. The fourth-order valence-electron chi connectivity index (χ4n) is 2.72. The predicted octanol–water partition coefficient (Wildman–Crippen LogP) is 4.68. The highest BCUT2D eigenvalue weighted by Crippen LogP contribution is 2.22. The van der Waals surface area contributed by atoms with Crippen molar-refractivity contribution in [2.45, 2.75) is 20.8 Å². The molecule has 3 aromatic rings. The number of carbonyl (C=O) groups excluding carboxylic acids is 1. The SMILES string of the molecule is COC(=O)c1ccc(Nc2nc(C)cc(Nc3ccc(C)cc3C)n2)cc1. The summed E-state index contributed by atoms with van der Waals surface area (Å²) >= 11 is 0. The Bertz CT molecular complexity index is 968. The van der Waals surface area contributed by atoms with Gasteiger partial charge in [0.25, 0.3) is 0 Å². The van der Waals surface area contributed by atoms with E-state index >= 15 is 0 Å². The maximum absolute atomic E-state index is 11.5. The van der Waals surface area contributed by atoms with Crippen LogP contribution in [0.25, 0.3) is 0 Å². The third-order valence-electron chi connectivity index (χ3n) is 4.06. The maximum Gasteiger partial charge on any atom is 0.337 e. The molecule has 3 rings (SSSR count). The summed E-state index contributed by atoms with van der Waals surface area (Å²) in [6.07, 6.45) is 0. The van der Waals surface area contributed by atoms with E-state index in [4.69, 9.17) is 4.74 Å². The minimum atomic E-state index is -0.367. The second-order valence-corrected chi connectivity index (χ2v) is 6.36. The van der Waals surface area contributed by atoms with Gasteiger partial charge in [0, 0.05) is 23.1 Å². The highest BCUT2D eigenvalue weighted by molar-refractivity contribution is 5.89. The van der Waals surface area contributed by atoms with Crippen molar-refractivity contribution in [3.63, 3.8) is 0 Å². The molecule has 1 heterocycles. The van der Waals surface area contributed by atoms with Crippen molar-refractivity contribution in [3.05, 3.63) is 70.9 Å². The minimum absolute atomic E-state index is 0.367. The van der Waals surface area contributed by atoms with Gasteiger partial charge in [-0.15, -0.1) is 0 Å². The molecule has 0 aliphatic carbocycles. The molecule has 0 saturated heterocycles. The molecule has 6 heteroatoms. The first-order valence-electron chi connectivity index (χ1n) is 8.60. The third kappa shape index (κ3) is 4.61. The van der Waals surface area contributed by atoms with Crippen LogP contribution in [0.15, 0.2) is 48.5 Å². The van der Waals surface area contributed by atoms with Crippen molar-refractivity contribution in [3.8, 4) is 0 Å². The first-order chi connectivity index (χ1) is 12.9. The topological polar surface area (TPSA) is 76.1 Å². The van der Waals surface area contributed by atoms with E-state index in [2.05, 4.69) is 46.6 Å². The lowest BCUT2D eigenvalue weighted by atomic mass is 10.1. The number of aromatic nitrogens is 2. The van der Waals surface area contributed by atoms with Crippen molar-refractivity contribution in [1.82, 2.24) is 9.97 Å². The molecule has 0 aliphatic rings. The normalized spacial score (nSPS) is 10.4. The number of hydrogen-bond donors (Lipinski definition) is 2. The van der Waals surface area contributed by atoms with E-state index in [0.29, 0.717) is 17.3 Å². The summed E-state index contributed by atoms with van der Waals surface area (Å²) in [5.41, 5.74) is 5.49. The Hall–Kier alpha value is -3.41. The largest absolute Gasteiger partial charge is 0.465 e. The lowest BCUT2D eigenvalue weighted by Gasteiger charge is -2.12. The van der Waals surface area contributed by atoms with Crippen molar-refractivity contribution >= 4 is 29.1 Å². The van der Waals surface area contributed by atoms with Gasteiger partial charge in [0.05, 0.1) is 12.7 Å². The average Bonchev–Trinajstić information content (AvgIpc) is 2.63. The number of ether oxygens (including phenoxy) is 1. The molecule has 0 radical (unpaired) electrons. The summed E-state index contributed by atoms with van der Waals surface area (Å²) in [5, 5.41) is 6.51. The molecule has 27 heavy (non-hydrogen) atoms. The molecular formula is C21H22N4O2. The highest BCUT2D eigenvalue weighted by Gasteiger charge is 2.07. The zero-order valence-electron chi connectivity index (χ0n) is 15.8. The van der Waals surface area contributed by atoms with E-state index in [1.807, 2.05) is 19.1 Å². The van der Waals surface area contributed by atoms with E-state index in [1.165, 1.54) is 12.7 Å². The number of carbonyl (C=O) groups is 1. The van der Waals surface area contributed by atoms with Gasteiger partial charge in [0.1, 0.15) is 5.82 Å². The molecule has 0 aliphatic heterocycles. The first-order valence-corrected chi connectivity index (χ1v) is 8.60. The van der Waals surface area contributed by atoms with Crippen LogP contribution in [0.1, 0.15) is 27.2 Å². The molecule has 0 bridgehead atoms. The van der Waals surface area contributed by atoms with Crippen molar-refractivity contribution in [1.29, 1.82) is 0 Å². The Balaban J connectivity index is 1.79. The summed E-state index contributed by atoms with van der Waals surface area (Å²) in [7, 11) is 1.36. The number of esters is 1. The first kappa shape index (κ1) is 18.4. The van der Waals surface area contributed by atoms with Crippen LogP contribution in [0.2, 0.25) is 0 Å². The quantitative estimate of drug-likeness (QED) is 0.642. The van der Waals surface area contributed by atoms with E-state index in [0.717, 1.165) is 22.6 Å². The van der Waals surface area contributed by atoms with Crippen LogP contribution in [-0.4, -0.2) is 23.0 Å². The number of benzene rings is 2. The van der Waals surface area contributed by atoms with Crippen LogP contribution >= 0.6 is 0 Å². The molecule has 0 atom stereocenters. The summed E-state index contributed by atoms with van der Waals surface area (Å²) in [6, 6.07) is 15.1. The number of nitrogens with one attached hydrogen (secondary N) is 2. The summed E-state index contributed by atoms with van der Waals surface area (Å²) in [4.78, 5) is 20.5. The van der Waals surface area contributed by atoms with E-state index < -0.39 is 0 Å². The van der Waals surface area contributed by atoms with Crippen LogP contribution in [0.4, 0.5) is 23.1 Å². The monoisotopic (exact) mass is 362 g/mol. The van der Waals surface area contributed by atoms with Gasteiger partial charge in [-0.3, -0.25) is 0 Å². The number of anilines is 4. The number of rotatable bonds is 5. The van der Waals surface area contributed by atoms with E-state index in [9.17, 15) is 4.79 Å². The molecular weight excluding hydrogens is 340 g/mol. The lowest BCUT2D eigenvalue weighted by molar-refractivity contribution is 0.0601. The van der Waals surface area contributed by atoms with E-state index in [-0.39, 0.29) is 5.97 Å². The van der Waals surface area contributed by atoms with Crippen molar-refractivity contribution in [2.24, 2.45) is 0 Å². The molecule has 0 amide bonds. The van der Waals surface area contributed by atoms with Crippen molar-refractivity contribution < 1.29 is 9.53 Å². The highest BCUT2D eigenvalue weighted by atomic mass is 16.5. The van der Waals surface area contributed by atoms with Crippen LogP contribution in [0.3, 0.4) is 0 Å². The molecule has 6 nitrogen and oxygen atoms in total. The van der Waals surface area contributed by atoms with Crippen LogP contribution < -0.4 is 10.6 Å². The lowest BCUT2D eigenvalue weighted by Crippen LogP contribution is -2.04. The summed E-state index contributed by atoms with van der Waals surface area (Å²) in [5.74, 6) is 0.824. The fraction of sp³-hybridized carbons (Fsp3) is 0.190. The summed E-state index contributed by atoms with van der Waals surface area (Å²) < 4.78 is 4.71. The van der Waals surface area contributed by atoms with Gasteiger partial charge in [0.2, 0.25) is 5.95 Å². The zero-order chi connectivity index (χ0) is 19.4. The number of hydrogen-bond acceptors (Lipinski definition) is 6. The Morgan fingerprint density at radius 1 is 0.926 bits per heavy atom. The minimum Gasteiger partial charge on any atom is -0.465 e. The van der Waals surface area contributed by atoms with Crippen LogP contribution in [0.5, 0.6) is 0 Å². The number of nitrogens with zero attached hydrogens (tertiary/aromatic N) is 2. The Morgan fingerprint density at radius 3 is 2.33 bits per heavy atom. The van der Waals surface area contributed by atoms with Gasteiger partial charge in [-0.2, -0.15) is 4.98 Å². The molecule has 0 spiro atoms. The molecule has 138 valence electrons. The Labute approximate surface area is 158 Å². The van der Waals surface area contributed by atoms with Gasteiger partial charge in [-0.05, 0) is 56.7 Å². The fourth-order valence-corrected chi connectivity index (χ4v) is 2.72. The second kappa shape index (κ2) is 7.86. The number of methoxy groups -OCH3 is 1. The van der Waals surface area contributed by atoms with Crippen molar-refractivity contribution in [2.75, 3.05) is 17.7 Å². The Morgan fingerprint density at radius 2 is 1.67 bits per heavy atom. The standard InChI is InChI=1S/C21H22N4O2/c1-13-5-10-18(14(2)11-13)24-19-12-15(3)22-21(25-19)23-17-8-6-16(7-9-17)20(26)27-4/h5-12H,1-4H3,(H2,22,23,24,25). The van der Waals surface area contributed by atoms with Gasteiger partial charge >= 0.3 is 5.97 Å². The van der Waals surface area contributed by atoms with Crippen LogP contribution in [0, 0.1) is 20.8 Å². The van der Waals surface area contributed by atoms with Gasteiger partial charge in [0.15, 0.2) is 0 Å². The Kier molecular flexibility index (Phi) is 5.35. The predicted molar refractivity (Wildman–Crippen MR) is 107 cm³/mol. The van der Waals surface area contributed by atoms with Gasteiger partial charge < -0.3 is 15.4 Å². The second-order valence-electron chi connectivity index (χ2n) is 6.36. The van der Waals surface area contributed by atoms with E-state index in [1.54, 1.807) is 24.3 Å². The molecule has 0 saturated carbocycles. The molecule has 2 N–H and O–H groups in total. The third-order valence-corrected chi connectivity index (χ3v) is 4.06. The van der Waals surface area contributed by atoms with Gasteiger partial charge in [-0.1, -0.05) is 17.7 Å². The zero-order valence-corrected chi connectivity index (χ0v) is 15.8. The molecule has 2 aromatic carbocycles. The van der Waals surface area contributed by atoms with Crippen LogP contribution in [-0.2, 0) is 4.74 Å². The molecule has 0 fully saturated rings.